The summed E-state index contributed by atoms with van der Waals surface area (Å²) in [7, 11) is -0.391. The molecular weight excluding hydrogens is 280 g/mol. The molecule has 0 unspecified atom stereocenters. The molecule has 0 heterocycles. The van der Waals surface area contributed by atoms with Gasteiger partial charge in [-0.2, -0.15) is 0 Å². The fourth-order valence-electron chi connectivity index (χ4n) is 1.81. The zero-order valence-electron chi connectivity index (χ0n) is 11.9. The van der Waals surface area contributed by atoms with E-state index in [2.05, 4.69) is 5.32 Å². The number of hydrogen-bond acceptors (Lipinski definition) is 4. The second kappa shape index (κ2) is 7.14. The standard InChI is InChI=1S/C13H20N2O4S/c1-14-13(16)9-6-10-15(20(3,17)18)11-7-4-5-8-12(11)19-2/h4-5,7-8H,6,9-10H2,1-3H3,(H,14,16). The van der Waals surface area contributed by atoms with E-state index in [1.165, 1.54) is 11.4 Å². The molecule has 0 aliphatic carbocycles. The van der Waals surface area contributed by atoms with Crippen LogP contribution in [0.15, 0.2) is 24.3 Å². The quantitative estimate of drug-likeness (QED) is 0.814. The third kappa shape index (κ3) is 4.41. The molecule has 112 valence electrons. The smallest absolute Gasteiger partial charge is 0.232 e. The molecule has 0 saturated carbocycles. The van der Waals surface area contributed by atoms with Gasteiger partial charge in [-0.05, 0) is 18.6 Å². The second-order valence-electron chi connectivity index (χ2n) is 4.28. The minimum absolute atomic E-state index is 0.113. The molecule has 1 rings (SSSR count). The first kappa shape index (κ1) is 16.3. The molecule has 0 aliphatic rings. The van der Waals surface area contributed by atoms with Crippen molar-refractivity contribution in [3.8, 4) is 5.75 Å². The number of rotatable bonds is 7. The lowest BCUT2D eigenvalue weighted by atomic mass is 10.2. The summed E-state index contributed by atoms with van der Waals surface area (Å²) in [6.07, 6.45) is 1.85. The Morgan fingerprint density at radius 1 is 1.35 bits per heavy atom. The first-order chi connectivity index (χ1) is 9.40. The van der Waals surface area contributed by atoms with Crippen molar-refractivity contribution in [3.05, 3.63) is 24.3 Å². The van der Waals surface area contributed by atoms with Gasteiger partial charge in [0.1, 0.15) is 5.75 Å². The van der Waals surface area contributed by atoms with E-state index >= 15 is 0 Å². The maximum atomic E-state index is 11.9. The Hall–Kier alpha value is -1.76. The number of anilines is 1. The molecule has 6 nitrogen and oxygen atoms in total. The molecule has 0 fully saturated rings. The Balaban J connectivity index is 2.93. The number of carbonyl (C=O) groups is 1. The SMILES string of the molecule is CNC(=O)CCCN(c1ccccc1OC)S(C)(=O)=O. The van der Waals surface area contributed by atoms with Gasteiger partial charge in [-0.1, -0.05) is 12.1 Å². The van der Waals surface area contributed by atoms with E-state index in [9.17, 15) is 13.2 Å². The lowest BCUT2D eigenvalue weighted by molar-refractivity contribution is -0.120. The Kier molecular flexibility index (Phi) is 5.82. The van der Waals surface area contributed by atoms with Crippen molar-refractivity contribution in [2.45, 2.75) is 12.8 Å². The number of ether oxygens (including phenoxy) is 1. The highest BCUT2D eigenvalue weighted by Gasteiger charge is 2.20. The number of methoxy groups -OCH3 is 1. The maximum absolute atomic E-state index is 11.9. The van der Waals surface area contributed by atoms with Crippen molar-refractivity contribution < 1.29 is 17.9 Å². The minimum atomic E-state index is -3.43. The monoisotopic (exact) mass is 300 g/mol. The van der Waals surface area contributed by atoms with Crippen LogP contribution in [0.2, 0.25) is 0 Å². The molecule has 0 saturated heterocycles. The van der Waals surface area contributed by atoms with Crippen LogP contribution in [0.4, 0.5) is 5.69 Å². The van der Waals surface area contributed by atoms with Gasteiger partial charge in [-0.3, -0.25) is 9.10 Å². The average Bonchev–Trinajstić information content (AvgIpc) is 2.42. The van der Waals surface area contributed by atoms with Crippen LogP contribution in [-0.4, -0.2) is 41.3 Å². The highest BCUT2D eigenvalue weighted by molar-refractivity contribution is 7.92. The van der Waals surface area contributed by atoms with Crippen molar-refractivity contribution in [2.24, 2.45) is 0 Å². The summed E-state index contributed by atoms with van der Waals surface area (Å²) in [4.78, 5) is 11.2. The van der Waals surface area contributed by atoms with Crippen LogP contribution >= 0.6 is 0 Å². The third-order valence-corrected chi connectivity index (χ3v) is 3.98. The largest absolute Gasteiger partial charge is 0.495 e. The van der Waals surface area contributed by atoms with Crippen molar-refractivity contribution in [2.75, 3.05) is 31.3 Å². The summed E-state index contributed by atoms with van der Waals surface area (Å²) in [6, 6.07) is 6.90. The lowest BCUT2D eigenvalue weighted by Gasteiger charge is -2.24. The number of para-hydroxylation sites is 2. The fraction of sp³-hybridized carbons (Fsp3) is 0.462. The molecule has 1 N–H and O–H groups in total. The average molecular weight is 300 g/mol. The van der Waals surface area contributed by atoms with Crippen LogP contribution < -0.4 is 14.4 Å². The lowest BCUT2D eigenvalue weighted by Crippen LogP contribution is -2.32. The molecule has 1 amide bonds. The number of sulfonamides is 1. The topological polar surface area (TPSA) is 75.7 Å². The van der Waals surface area contributed by atoms with E-state index in [-0.39, 0.29) is 18.9 Å². The van der Waals surface area contributed by atoms with Crippen LogP contribution in [0.1, 0.15) is 12.8 Å². The van der Waals surface area contributed by atoms with E-state index in [4.69, 9.17) is 4.74 Å². The zero-order valence-corrected chi connectivity index (χ0v) is 12.7. The molecule has 0 aromatic heterocycles. The summed E-state index contributed by atoms with van der Waals surface area (Å²) in [5, 5.41) is 2.51. The van der Waals surface area contributed by atoms with E-state index in [1.54, 1.807) is 31.3 Å². The fourth-order valence-corrected chi connectivity index (χ4v) is 2.78. The van der Waals surface area contributed by atoms with Gasteiger partial charge >= 0.3 is 0 Å². The Morgan fingerprint density at radius 2 is 2.00 bits per heavy atom. The van der Waals surface area contributed by atoms with Crippen LogP contribution in [-0.2, 0) is 14.8 Å². The second-order valence-corrected chi connectivity index (χ2v) is 6.19. The van der Waals surface area contributed by atoms with Gasteiger partial charge in [-0.15, -0.1) is 0 Å². The van der Waals surface area contributed by atoms with Gasteiger partial charge in [0.15, 0.2) is 0 Å². The maximum Gasteiger partial charge on any atom is 0.232 e. The third-order valence-electron chi connectivity index (χ3n) is 2.80. The van der Waals surface area contributed by atoms with E-state index in [0.717, 1.165) is 6.26 Å². The summed E-state index contributed by atoms with van der Waals surface area (Å²) >= 11 is 0. The minimum Gasteiger partial charge on any atom is -0.495 e. The van der Waals surface area contributed by atoms with E-state index in [1.807, 2.05) is 0 Å². The molecule has 20 heavy (non-hydrogen) atoms. The molecule has 0 radical (unpaired) electrons. The number of amides is 1. The van der Waals surface area contributed by atoms with Gasteiger partial charge in [-0.25, -0.2) is 8.42 Å². The van der Waals surface area contributed by atoms with Gasteiger partial charge in [0.05, 0.1) is 19.1 Å². The van der Waals surface area contributed by atoms with Gasteiger partial charge in [0, 0.05) is 20.0 Å². The number of hydrogen-bond donors (Lipinski definition) is 1. The highest BCUT2D eigenvalue weighted by Crippen LogP contribution is 2.29. The molecule has 0 atom stereocenters. The molecular formula is C13H20N2O4S. The van der Waals surface area contributed by atoms with Crippen molar-refractivity contribution in [3.63, 3.8) is 0 Å². The number of carbonyl (C=O) groups excluding carboxylic acids is 1. The van der Waals surface area contributed by atoms with Crippen molar-refractivity contribution >= 4 is 21.6 Å². The summed E-state index contributed by atoms with van der Waals surface area (Å²) < 4.78 is 30.3. The number of benzene rings is 1. The van der Waals surface area contributed by atoms with Crippen LogP contribution in [0.3, 0.4) is 0 Å². The first-order valence-electron chi connectivity index (χ1n) is 6.21. The highest BCUT2D eigenvalue weighted by atomic mass is 32.2. The molecule has 0 bridgehead atoms. The molecule has 1 aromatic carbocycles. The van der Waals surface area contributed by atoms with Crippen molar-refractivity contribution in [1.29, 1.82) is 0 Å². The number of nitrogens with zero attached hydrogens (tertiary/aromatic N) is 1. The summed E-state index contributed by atoms with van der Waals surface area (Å²) in [5.41, 5.74) is 0.481. The number of nitrogens with one attached hydrogen (secondary N) is 1. The first-order valence-corrected chi connectivity index (χ1v) is 8.06. The Labute approximate surface area is 119 Å². The van der Waals surface area contributed by atoms with E-state index < -0.39 is 10.0 Å². The van der Waals surface area contributed by atoms with Crippen LogP contribution in [0.25, 0.3) is 0 Å². The Bertz CT molecular complexity index is 557. The predicted octanol–water partition coefficient (Wildman–Crippen LogP) is 0.987. The molecule has 0 spiro atoms. The molecule has 0 aliphatic heterocycles. The van der Waals surface area contributed by atoms with Crippen LogP contribution in [0, 0.1) is 0 Å². The zero-order chi connectivity index (χ0) is 15.2. The predicted molar refractivity (Wildman–Crippen MR) is 78.5 cm³/mol. The van der Waals surface area contributed by atoms with Gasteiger partial charge in [0.25, 0.3) is 0 Å². The molecule has 1 aromatic rings. The van der Waals surface area contributed by atoms with Crippen molar-refractivity contribution in [1.82, 2.24) is 5.32 Å². The van der Waals surface area contributed by atoms with E-state index in [0.29, 0.717) is 17.9 Å². The molecule has 7 heteroatoms. The van der Waals surface area contributed by atoms with Gasteiger partial charge < -0.3 is 10.1 Å². The van der Waals surface area contributed by atoms with Crippen LogP contribution in [0.5, 0.6) is 5.75 Å². The van der Waals surface area contributed by atoms with Gasteiger partial charge in [0.2, 0.25) is 15.9 Å². The summed E-state index contributed by atoms with van der Waals surface area (Å²) in [6.45, 7) is 0.229. The Morgan fingerprint density at radius 3 is 2.55 bits per heavy atom. The normalized spacial score (nSPS) is 10.9. The summed E-state index contributed by atoms with van der Waals surface area (Å²) in [5.74, 6) is 0.372.